The van der Waals surface area contributed by atoms with E-state index in [1.165, 1.54) is 34.9 Å². The zero-order valence-electron chi connectivity index (χ0n) is 9.22. The molecule has 90 valence electrons. The average molecular weight is 244 g/mol. The van der Waals surface area contributed by atoms with Crippen molar-refractivity contribution in [2.45, 2.75) is 0 Å². The van der Waals surface area contributed by atoms with E-state index >= 15 is 0 Å². The van der Waals surface area contributed by atoms with Crippen LogP contribution in [0.2, 0.25) is 0 Å². The Morgan fingerprint density at radius 3 is 2.56 bits per heavy atom. The van der Waals surface area contributed by atoms with E-state index in [2.05, 4.69) is 4.98 Å². The number of H-pyrrole nitrogens is 1. The molecule has 0 aliphatic heterocycles. The quantitative estimate of drug-likeness (QED) is 0.689. The van der Waals surface area contributed by atoms with E-state index in [0.717, 1.165) is 0 Å². The van der Waals surface area contributed by atoms with Crippen molar-refractivity contribution in [3.05, 3.63) is 58.8 Å². The van der Waals surface area contributed by atoms with Crippen molar-refractivity contribution in [1.29, 1.82) is 0 Å². The maximum absolute atomic E-state index is 12.9. The number of imidazole rings is 1. The van der Waals surface area contributed by atoms with Crippen LogP contribution >= 0.6 is 0 Å². The van der Waals surface area contributed by atoms with Crippen molar-refractivity contribution < 1.29 is 9.50 Å². The fourth-order valence-corrected chi connectivity index (χ4v) is 1.96. The molecule has 0 saturated heterocycles. The number of phenols is 1. The number of nitrogens with zero attached hydrogens (tertiary/aromatic N) is 1. The number of rotatable bonds is 1. The second kappa shape index (κ2) is 3.73. The summed E-state index contributed by atoms with van der Waals surface area (Å²) in [6.45, 7) is 0. The minimum absolute atomic E-state index is 0.00506. The molecule has 18 heavy (non-hydrogen) atoms. The van der Waals surface area contributed by atoms with E-state index in [9.17, 15) is 14.3 Å². The van der Waals surface area contributed by atoms with Crippen LogP contribution in [0.5, 0.6) is 5.75 Å². The molecule has 3 rings (SSSR count). The van der Waals surface area contributed by atoms with Crippen molar-refractivity contribution in [2.75, 3.05) is 0 Å². The zero-order valence-corrected chi connectivity index (χ0v) is 9.22. The molecule has 3 aromatic rings. The number of aromatic hydroxyl groups is 1. The van der Waals surface area contributed by atoms with E-state index < -0.39 is 0 Å². The summed E-state index contributed by atoms with van der Waals surface area (Å²) in [4.78, 5) is 14.5. The summed E-state index contributed by atoms with van der Waals surface area (Å²) in [7, 11) is 0. The molecule has 0 atom stereocenters. The largest absolute Gasteiger partial charge is 0.506 e. The Balaban J connectivity index is 2.35. The molecule has 0 fully saturated rings. The normalized spacial score (nSPS) is 10.9. The van der Waals surface area contributed by atoms with Gasteiger partial charge < -0.3 is 10.1 Å². The first-order chi connectivity index (χ1) is 8.66. The Morgan fingerprint density at radius 1 is 1.11 bits per heavy atom. The minimum atomic E-state index is -0.377. The van der Waals surface area contributed by atoms with Crippen LogP contribution in [0, 0.1) is 5.82 Å². The number of fused-ring (bicyclic) bond motifs is 1. The number of hydrogen-bond donors (Lipinski definition) is 2. The highest BCUT2D eigenvalue weighted by Crippen LogP contribution is 2.23. The Kier molecular flexibility index (Phi) is 2.19. The van der Waals surface area contributed by atoms with Crippen molar-refractivity contribution in [1.82, 2.24) is 9.55 Å². The third kappa shape index (κ3) is 1.48. The lowest BCUT2D eigenvalue weighted by Gasteiger charge is -2.03. The van der Waals surface area contributed by atoms with Crippen molar-refractivity contribution >= 4 is 11.0 Å². The predicted octanol–water partition coefficient (Wildman–Crippen LogP) is 2.16. The summed E-state index contributed by atoms with van der Waals surface area (Å²) in [5.74, 6) is -0.361. The summed E-state index contributed by atoms with van der Waals surface area (Å²) in [6.07, 6.45) is 0. The number of phenolic OH excluding ortho intramolecular Hbond substituents is 1. The molecule has 0 radical (unpaired) electrons. The van der Waals surface area contributed by atoms with Crippen LogP contribution in [0.25, 0.3) is 16.7 Å². The molecule has 0 aliphatic carbocycles. The Bertz CT molecular complexity index is 772. The number of aromatic nitrogens is 2. The van der Waals surface area contributed by atoms with Gasteiger partial charge in [0.1, 0.15) is 17.1 Å². The first kappa shape index (κ1) is 10.6. The van der Waals surface area contributed by atoms with Crippen molar-refractivity contribution in [2.24, 2.45) is 0 Å². The van der Waals surface area contributed by atoms with Gasteiger partial charge in [-0.05, 0) is 36.4 Å². The lowest BCUT2D eigenvalue weighted by Crippen LogP contribution is -2.14. The Hall–Kier alpha value is -2.56. The second-order valence-electron chi connectivity index (χ2n) is 3.91. The van der Waals surface area contributed by atoms with Crippen LogP contribution in [0.3, 0.4) is 0 Å². The van der Waals surface area contributed by atoms with E-state index in [0.29, 0.717) is 16.7 Å². The summed E-state index contributed by atoms with van der Waals surface area (Å²) >= 11 is 0. The van der Waals surface area contributed by atoms with Gasteiger partial charge in [0.25, 0.3) is 0 Å². The van der Waals surface area contributed by atoms with Crippen LogP contribution in [0.15, 0.2) is 47.3 Å². The highest BCUT2D eigenvalue weighted by Gasteiger charge is 2.10. The van der Waals surface area contributed by atoms with Crippen LogP contribution in [-0.4, -0.2) is 14.7 Å². The van der Waals surface area contributed by atoms with Crippen molar-refractivity contribution in [3.63, 3.8) is 0 Å². The minimum Gasteiger partial charge on any atom is -0.506 e. The van der Waals surface area contributed by atoms with Crippen LogP contribution in [0.4, 0.5) is 4.39 Å². The standard InChI is InChI=1S/C13H9FN2O2/c14-8-4-6-9(7-5-8)16-10-2-1-3-11(17)12(10)15-13(16)18/h1-7,17H,(H,15,18). The van der Waals surface area contributed by atoms with Gasteiger partial charge in [-0.1, -0.05) is 6.07 Å². The molecule has 0 unspecified atom stereocenters. The lowest BCUT2D eigenvalue weighted by atomic mass is 10.2. The number of halogens is 1. The molecule has 0 spiro atoms. The number of benzene rings is 2. The molecular formula is C13H9FN2O2. The summed E-state index contributed by atoms with van der Waals surface area (Å²) in [6, 6.07) is 10.4. The van der Waals surface area contributed by atoms with E-state index in [1.54, 1.807) is 12.1 Å². The predicted molar refractivity (Wildman–Crippen MR) is 65.5 cm³/mol. The highest BCUT2D eigenvalue weighted by atomic mass is 19.1. The van der Waals surface area contributed by atoms with Gasteiger partial charge >= 0.3 is 5.69 Å². The van der Waals surface area contributed by atoms with Gasteiger partial charge in [-0.25, -0.2) is 9.18 Å². The average Bonchev–Trinajstić information content (AvgIpc) is 2.69. The highest BCUT2D eigenvalue weighted by molar-refractivity contribution is 5.82. The maximum Gasteiger partial charge on any atom is 0.331 e. The molecule has 4 nitrogen and oxygen atoms in total. The molecule has 1 aromatic heterocycles. The smallest absolute Gasteiger partial charge is 0.331 e. The first-order valence-corrected chi connectivity index (χ1v) is 5.35. The topological polar surface area (TPSA) is 58.0 Å². The molecule has 0 saturated carbocycles. The van der Waals surface area contributed by atoms with Crippen LogP contribution in [-0.2, 0) is 0 Å². The van der Waals surface area contributed by atoms with Gasteiger partial charge in [0, 0.05) is 0 Å². The van der Waals surface area contributed by atoms with E-state index in [-0.39, 0.29) is 17.3 Å². The summed E-state index contributed by atoms with van der Waals surface area (Å²) in [5, 5.41) is 9.66. The van der Waals surface area contributed by atoms with Gasteiger partial charge in [0.15, 0.2) is 0 Å². The fourth-order valence-electron chi connectivity index (χ4n) is 1.96. The van der Waals surface area contributed by atoms with Gasteiger partial charge in [0.2, 0.25) is 0 Å². The van der Waals surface area contributed by atoms with Gasteiger partial charge in [0.05, 0.1) is 11.2 Å². The second-order valence-corrected chi connectivity index (χ2v) is 3.91. The third-order valence-corrected chi connectivity index (χ3v) is 2.78. The number of hydrogen-bond acceptors (Lipinski definition) is 2. The molecule has 0 bridgehead atoms. The molecule has 1 heterocycles. The van der Waals surface area contributed by atoms with E-state index in [1.807, 2.05) is 0 Å². The fraction of sp³-hybridized carbons (Fsp3) is 0. The van der Waals surface area contributed by atoms with Gasteiger partial charge in [-0.2, -0.15) is 0 Å². The Labute approximate surface area is 101 Å². The molecular weight excluding hydrogens is 235 g/mol. The lowest BCUT2D eigenvalue weighted by molar-refractivity contribution is 0.480. The molecule has 0 aliphatic rings. The number of aromatic amines is 1. The number of nitrogens with one attached hydrogen (secondary N) is 1. The molecule has 2 aromatic carbocycles. The number of para-hydroxylation sites is 1. The monoisotopic (exact) mass is 244 g/mol. The Morgan fingerprint density at radius 2 is 1.83 bits per heavy atom. The SMILES string of the molecule is O=c1[nH]c2c(O)cccc2n1-c1ccc(F)cc1. The zero-order chi connectivity index (χ0) is 12.7. The maximum atomic E-state index is 12.9. The molecule has 0 amide bonds. The van der Waals surface area contributed by atoms with Gasteiger partial charge in [-0.3, -0.25) is 4.57 Å². The van der Waals surface area contributed by atoms with Crippen LogP contribution < -0.4 is 5.69 Å². The summed E-state index contributed by atoms with van der Waals surface area (Å²) < 4.78 is 14.3. The molecule has 5 heteroatoms. The van der Waals surface area contributed by atoms with Gasteiger partial charge in [-0.15, -0.1) is 0 Å². The van der Waals surface area contributed by atoms with E-state index in [4.69, 9.17) is 0 Å². The van der Waals surface area contributed by atoms with Crippen molar-refractivity contribution in [3.8, 4) is 11.4 Å². The molecule has 2 N–H and O–H groups in total. The first-order valence-electron chi connectivity index (χ1n) is 5.35. The summed E-state index contributed by atoms with van der Waals surface area (Å²) in [5.41, 5.74) is 1.08. The van der Waals surface area contributed by atoms with Crippen LogP contribution in [0.1, 0.15) is 0 Å². The third-order valence-electron chi connectivity index (χ3n) is 2.78.